The summed E-state index contributed by atoms with van der Waals surface area (Å²) in [4.78, 5) is 16.1. The van der Waals surface area contributed by atoms with E-state index in [1.54, 1.807) is 25.4 Å². The minimum absolute atomic E-state index is 0.132. The molecule has 0 radical (unpaired) electrons. The maximum Gasteiger partial charge on any atom is 0.262 e. The number of nitrogens with zero attached hydrogens (tertiary/aromatic N) is 1. The Morgan fingerprint density at radius 2 is 2.12 bits per heavy atom. The molecule has 0 saturated carbocycles. The molecule has 5 heteroatoms. The molecule has 0 aliphatic heterocycles. The lowest BCUT2D eigenvalue weighted by molar-refractivity contribution is 0.0967. The van der Waals surface area contributed by atoms with Gasteiger partial charge in [-0.05, 0) is 17.7 Å². The van der Waals surface area contributed by atoms with Crippen LogP contribution in [0.2, 0.25) is 0 Å². The van der Waals surface area contributed by atoms with E-state index in [2.05, 4.69) is 10.3 Å². The summed E-state index contributed by atoms with van der Waals surface area (Å²) in [5.41, 5.74) is 0.976. The van der Waals surface area contributed by atoms with Crippen LogP contribution in [-0.4, -0.2) is 17.9 Å². The minimum atomic E-state index is -0.251. The number of nitrogens with one attached hydrogen (secondary N) is 1. The molecule has 0 bridgehead atoms. The van der Waals surface area contributed by atoms with E-state index < -0.39 is 0 Å². The summed E-state index contributed by atoms with van der Waals surface area (Å²) in [7, 11) is 1.59. The molecule has 0 unspecified atom stereocenters. The largest absolute Gasteiger partial charge is 0.354 e. The maximum atomic E-state index is 12.7. The van der Waals surface area contributed by atoms with Crippen molar-refractivity contribution < 1.29 is 9.18 Å². The molecule has 1 amide bonds. The summed E-state index contributed by atoms with van der Waals surface area (Å²) in [6.07, 6.45) is 2.17. The topological polar surface area (TPSA) is 42.0 Å². The van der Waals surface area contributed by atoms with Crippen LogP contribution in [0.3, 0.4) is 0 Å². The van der Waals surface area contributed by atoms with Crippen LogP contribution in [0.4, 0.5) is 4.39 Å². The molecule has 1 heterocycles. The van der Waals surface area contributed by atoms with Crippen LogP contribution >= 0.6 is 11.3 Å². The van der Waals surface area contributed by atoms with Crippen molar-refractivity contribution in [2.24, 2.45) is 0 Å². The van der Waals surface area contributed by atoms with Crippen molar-refractivity contribution in [2.45, 2.75) is 6.42 Å². The van der Waals surface area contributed by atoms with Crippen molar-refractivity contribution in [1.82, 2.24) is 10.3 Å². The molecule has 0 aliphatic rings. The van der Waals surface area contributed by atoms with E-state index in [0.29, 0.717) is 11.3 Å². The van der Waals surface area contributed by atoms with E-state index >= 15 is 0 Å². The summed E-state index contributed by atoms with van der Waals surface area (Å²) < 4.78 is 12.7. The SMILES string of the molecule is CNC(=O)c1cnc(Cc2ccc(F)cc2)s1. The normalized spacial score (nSPS) is 10.2. The van der Waals surface area contributed by atoms with Crippen LogP contribution in [0.1, 0.15) is 20.2 Å². The first-order valence-electron chi connectivity index (χ1n) is 5.10. The first-order chi connectivity index (χ1) is 8.19. The van der Waals surface area contributed by atoms with Crippen molar-refractivity contribution in [3.8, 4) is 0 Å². The van der Waals surface area contributed by atoms with Crippen LogP contribution in [0.25, 0.3) is 0 Å². The first-order valence-corrected chi connectivity index (χ1v) is 5.92. The average molecular weight is 250 g/mol. The number of carbonyl (C=O) groups is 1. The van der Waals surface area contributed by atoms with Gasteiger partial charge >= 0.3 is 0 Å². The van der Waals surface area contributed by atoms with E-state index in [4.69, 9.17) is 0 Å². The quantitative estimate of drug-likeness (QED) is 0.907. The molecule has 0 atom stereocenters. The molecule has 1 aromatic heterocycles. The number of rotatable bonds is 3. The molecule has 0 aliphatic carbocycles. The lowest BCUT2D eigenvalue weighted by Crippen LogP contribution is -2.16. The van der Waals surface area contributed by atoms with Crippen LogP contribution in [0.5, 0.6) is 0 Å². The number of amides is 1. The predicted octanol–water partition coefficient (Wildman–Crippen LogP) is 2.23. The molecule has 3 nitrogen and oxygen atoms in total. The Hall–Kier alpha value is -1.75. The Morgan fingerprint density at radius 1 is 1.41 bits per heavy atom. The third-order valence-electron chi connectivity index (χ3n) is 2.27. The van der Waals surface area contributed by atoms with Crippen molar-refractivity contribution in [3.05, 3.63) is 51.7 Å². The van der Waals surface area contributed by atoms with Crippen molar-refractivity contribution in [1.29, 1.82) is 0 Å². The monoisotopic (exact) mass is 250 g/mol. The van der Waals surface area contributed by atoms with Gasteiger partial charge in [-0.25, -0.2) is 9.37 Å². The Kier molecular flexibility index (Phi) is 3.49. The highest BCUT2D eigenvalue weighted by atomic mass is 32.1. The lowest BCUT2D eigenvalue weighted by Gasteiger charge is -1.97. The fourth-order valence-electron chi connectivity index (χ4n) is 1.40. The number of carbonyl (C=O) groups excluding carboxylic acids is 1. The first kappa shape index (κ1) is 11.7. The highest BCUT2D eigenvalue weighted by Crippen LogP contribution is 2.17. The van der Waals surface area contributed by atoms with Gasteiger partial charge in [0, 0.05) is 13.5 Å². The molecule has 0 saturated heterocycles. The molecule has 88 valence electrons. The average Bonchev–Trinajstić information content (AvgIpc) is 2.80. The molecule has 1 aromatic carbocycles. The second-order valence-electron chi connectivity index (χ2n) is 3.50. The smallest absolute Gasteiger partial charge is 0.262 e. The summed E-state index contributed by atoms with van der Waals surface area (Å²) in [6, 6.07) is 6.28. The summed E-state index contributed by atoms with van der Waals surface area (Å²) in [5.74, 6) is -0.383. The Bertz CT molecular complexity index is 522. The summed E-state index contributed by atoms with van der Waals surface area (Å²) >= 11 is 1.35. The second-order valence-corrected chi connectivity index (χ2v) is 4.62. The number of halogens is 1. The molecular formula is C12H11FN2OS. The molecule has 17 heavy (non-hydrogen) atoms. The minimum Gasteiger partial charge on any atom is -0.354 e. The van der Waals surface area contributed by atoms with Crippen LogP contribution < -0.4 is 5.32 Å². The van der Waals surface area contributed by atoms with E-state index in [0.717, 1.165) is 10.6 Å². The maximum absolute atomic E-state index is 12.7. The number of aromatic nitrogens is 1. The molecule has 2 rings (SSSR count). The van der Waals surface area contributed by atoms with Crippen LogP contribution in [-0.2, 0) is 6.42 Å². The lowest BCUT2D eigenvalue weighted by atomic mass is 10.2. The highest BCUT2D eigenvalue weighted by Gasteiger charge is 2.08. The molecule has 1 N–H and O–H groups in total. The van der Waals surface area contributed by atoms with Gasteiger partial charge < -0.3 is 5.32 Å². The number of hydrogen-bond donors (Lipinski definition) is 1. The predicted molar refractivity (Wildman–Crippen MR) is 64.7 cm³/mol. The third kappa shape index (κ3) is 2.88. The van der Waals surface area contributed by atoms with Gasteiger partial charge in [0.25, 0.3) is 5.91 Å². The molecular weight excluding hydrogens is 239 g/mol. The van der Waals surface area contributed by atoms with Crippen LogP contribution in [0, 0.1) is 5.82 Å². The van der Waals surface area contributed by atoms with E-state index in [-0.39, 0.29) is 11.7 Å². The zero-order chi connectivity index (χ0) is 12.3. The highest BCUT2D eigenvalue weighted by molar-refractivity contribution is 7.13. The van der Waals surface area contributed by atoms with Gasteiger partial charge in [0.05, 0.1) is 11.2 Å². The van der Waals surface area contributed by atoms with Gasteiger partial charge in [-0.1, -0.05) is 12.1 Å². The van der Waals surface area contributed by atoms with E-state index in [1.165, 1.54) is 23.5 Å². The summed E-state index contributed by atoms with van der Waals surface area (Å²) in [6.45, 7) is 0. The summed E-state index contributed by atoms with van der Waals surface area (Å²) in [5, 5.41) is 3.39. The standard InChI is InChI=1S/C12H11FN2OS/c1-14-12(16)10-7-15-11(17-10)6-8-2-4-9(13)5-3-8/h2-5,7H,6H2,1H3,(H,14,16). The number of thiazole rings is 1. The molecule has 2 aromatic rings. The molecule has 0 fully saturated rings. The van der Waals surface area contributed by atoms with Crippen molar-refractivity contribution in [2.75, 3.05) is 7.05 Å². The fourth-order valence-corrected chi connectivity index (χ4v) is 2.30. The van der Waals surface area contributed by atoms with E-state index in [1.807, 2.05) is 0 Å². The van der Waals surface area contributed by atoms with Gasteiger partial charge in [-0.15, -0.1) is 11.3 Å². The fraction of sp³-hybridized carbons (Fsp3) is 0.167. The molecule has 0 spiro atoms. The zero-order valence-electron chi connectivity index (χ0n) is 9.24. The van der Waals surface area contributed by atoms with Gasteiger partial charge in [-0.3, -0.25) is 4.79 Å². The van der Waals surface area contributed by atoms with E-state index in [9.17, 15) is 9.18 Å². The number of benzene rings is 1. The van der Waals surface area contributed by atoms with Crippen molar-refractivity contribution >= 4 is 17.2 Å². The van der Waals surface area contributed by atoms with Crippen molar-refractivity contribution in [3.63, 3.8) is 0 Å². The van der Waals surface area contributed by atoms with Gasteiger partial charge in [0.1, 0.15) is 10.7 Å². The van der Waals surface area contributed by atoms with Gasteiger partial charge in [0.15, 0.2) is 0 Å². The Morgan fingerprint density at radius 3 is 2.76 bits per heavy atom. The Labute approximate surface area is 102 Å². The van der Waals surface area contributed by atoms with Gasteiger partial charge in [-0.2, -0.15) is 0 Å². The second kappa shape index (κ2) is 5.05. The Balaban J connectivity index is 2.11. The zero-order valence-corrected chi connectivity index (χ0v) is 10.1. The number of hydrogen-bond acceptors (Lipinski definition) is 3. The van der Waals surface area contributed by atoms with Gasteiger partial charge in [0.2, 0.25) is 0 Å². The third-order valence-corrected chi connectivity index (χ3v) is 3.27. The van der Waals surface area contributed by atoms with Crippen LogP contribution in [0.15, 0.2) is 30.5 Å².